The molecule has 3 rings (SSSR count). The maximum absolute atomic E-state index is 13.4. The molecule has 1 aromatic heterocycles. The number of aliphatic carboxylic acids is 1. The van der Waals surface area contributed by atoms with E-state index in [-0.39, 0.29) is 32.1 Å². The molecule has 29 heavy (non-hydrogen) atoms. The van der Waals surface area contributed by atoms with Crippen molar-refractivity contribution in [3.63, 3.8) is 0 Å². The summed E-state index contributed by atoms with van der Waals surface area (Å²) in [5.41, 5.74) is 0.510. The van der Waals surface area contributed by atoms with Crippen molar-refractivity contribution in [3.05, 3.63) is 53.2 Å². The predicted molar refractivity (Wildman–Crippen MR) is 110 cm³/mol. The van der Waals surface area contributed by atoms with Crippen LogP contribution in [-0.4, -0.2) is 38.7 Å². The summed E-state index contributed by atoms with van der Waals surface area (Å²) in [6.45, 7) is 0.997. The molecule has 0 saturated carbocycles. The number of nitrogens with one attached hydrogen (secondary N) is 1. The number of benzene rings is 2. The quantitative estimate of drug-likeness (QED) is 0.588. The van der Waals surface area contributed by atoms with E-state index in [0.29, 0.717) is 5.02 Å². The second-order valence-electron chi connectivity index (χ2n) is 6.43. The Kier molecular flexibility index (Phi) is 5.37. The topological polar surface area (TPSA) is 123 Å². The van der Waals surface area contributed by atoms with Crippen molar-refractivity contribution in [1.29, 1.82) is 0 Å². The Morgan fingerprint density at radius 2 is 1.72 bits per heavy atom. The van der Waals surface area contributed by atoms with Gasteiger partial charge in [-0.1, -0.05) is 17.7 Å². The molecule has 0 aliphatic rings. The van der Waals surface area contributed by atoms with Crippen LogP contribution >= 0.6 is 11.6 Å². The number of rotatable bonds is 6. The molecule has 0 radical (unpaired) electrons. The Morgan fingerprint density at radius 1 is 1.10 bits per heavy atom. The summed E-state index contributed by atoms with van der Waals surface area (Å²) in [7, 11) is -7.83. The molecule has 2 N–H and O–H groups in total. The number of sulfone groups is 1. The number of fused-ring (bicyclic) bond motifs is 1. The standard InChI is InChI=1S/C18H17ClN2O6S2/c1-11-18(29(26,27)13-8-6-12(19)7-9-13)17-14(20-28(2,24)25)4-3-5-15(17)21(11)10-16(22)23/h3-9,20H,10H2,1-2H3,(H,22,23). The summed E-state index contributed by atoms with van der Waals surface area (Å²) in [6.07, 6.45) is 0.945. The minimum Gasteiger partial charge on any atom is -0.480 e. The van der Waals surface area contributed by atoms with E-state index < -0.39 is 32.4 Å². The van der Waals surface area contributed by atoms with E-state index in [1.165, 1.54) is 47.9 Å². The summed E-state index contributed by atoms with van der Waals surface area (Å²) < 4.78 is 54.1. The van der Waals surface area contributed by atoms with Crippen molar-refractivity contribution in [2.75, 3.05) is 11.0 Å². The van der Waals surface area contributed by atoms with Gasteiger partial charge < -0.3 is 9.67 Å². The highest BCUT2D eigenvalue weighted by Gasteiger charge is 2.29. The Balaban J connectivity index is 2.42. The second-order valence-corrected chi connectivity index (χ2v) is 10.5. The summed E-state index contributed by atoms with van der Waals surface area (Å²) in [4.78, 5) is 11.1. The molecule has 0 unspecified atom stereocenters. The molecule has 0 saturated heterocycles. The van der Waals surface area contributed by atoms with E-state index in [1.54, 1.807) is 6.07 Å². The maximum Gasteiger partial charge on any atom is 0.323 e. The molecule has 0 spiro atoms. The van der Waals surface area contributed by atoms with E-state index in [2.05, 4.69) is 4.72 Å². The average molecular weight is 457 g/mol. The van der Waals surface area contributed by atoms with Gasteiger partial charge >= 0.3 is 5.97 Å². The molecule has 0 aliphatic heterocycles. The van der Waals surface area contributed by atoms with Gasteiger partial charge in [-0.3, -0.25) is 9.52 Å². The number of carbonyl (C=O) groups is 1. The smallest absolute Gasteiger partial charge is 0.323 e. The van der Waals surface area contributed by atoms with Gasteiger partial charge in [-0.05, 0) is 43.3 Å². The van der Waals surface area contributed by atoms with Gasteiger partial charge in [0.25, 0.3) is 0 Å². The fourth-order valence-electron chi connectivity index (χ4n) is 3.17. The zero-order chi connectivity index (χ0) is 21.6. The van der Waals surface area contributed by atoms with Crippen molar-refractivity contribution >= 4 is 54.0 Å². The number of carboxylic acid groups (broad SMARTS) is 1. The monoisotopic (exact) mass is 456 g/mol. The van der Waals surface area contributed by atoms with Crippen LogP contribution in [0.15, 0.2) is 52.3 Å². The van der Waals surface area contributed by atoms with Crippen LogP contribution in [0.4, 0.5) is 5.69 Å². The molecule has 0 aliphatic carbocycles. The zero-order valence-electron chi connectivity index (χ0n) is 15.4. The minimum absolute atomic E-state index is 0.0461. The maximum atomic E-state index is 13.4. The lowest BCUT2D eigenvalue weighted by molar-refractivity contribution is -0.137. The van der Waals surface area contributed by atoms with Crippen LogP contribution in [0.5, 0.6) is 0 Å². The highest BCUT2D eigenvalue weighted by atomic mass is 35.5. The number of sulfonamides is 1. The molecule has 0 bridgehead atoms. The zero-order valence-corrected chi connectivity index (χ0v) is 17.8. The summed E-state index contributed by atoms with van der Waals surface area (Å²) in [5, 5.41) is 9.73. The number of aromatic nitrogens is 1. The number of halogens is 1. The van der Waals surface area contributed by atoms with Crippen molar-refractivity contribution in [1.82, 2.24) is 4.57 Å². The predicted octanol–water partition coefficient (Wildman–Crippen LogP) is 2.89. The lowest BCUT2D eigenvalue weighted by atomic mass is 10.2. The number of nitrogens with zero attached hydrogens (tertiary/aromatic N) is 1. The third-order valence-corrected chi connectivity index (χ3v) is 7.05. The number of carboxylic acids is 1. The molecule has 11 heteroatoms. The SMILES string of the molecule is Cc1c(S(=O)(=O)c2ccc(Cl)cc2)c2c(NS(C)(=O)=O)cccc2n1CC(=O)O. The highest BCUT2D eigenvalue weighted by Crippen LogP contribution is 2.38. The van der Waals surface area contributed by atoms with Gasteiger partial charge in [0, 0.05) is 16.1 Å². The lowest BCUT2D eigenvalue weighted by Crippen LogP contribution is -2.11. The van der Waals surface area contributed by atoms with Crippen LogP contribution in [0.3, 0.4) is 0 Å². The van der Waals surface area contributed by atoms with E-state index in [1.807, 2.05) is 0 Å². The first-order valence-corrected chi connectivity index (χ1v) is 12.0. The summed E-state index contributed by atoms with van der Waals surface area (Å²) >= 11 is 5.85. The van der Waals surface area contributed by atoms with Gasteiger partial charge in [-0.25, -0.2) is 16.8 Å². The fraction of sp³-hybridized carbons (Fsp3) is 0.167. The first-order chi connectivity index (χ1) is 13.4. The molecule has 0 amide bonds. The molecule has 3 aromatic rings. The van der Waals surface area contributed by atoms with Gasteiger partial charge in [0.15, 0.2) is 0 Å². The Bertz CT molecular complexity index is 1330. The number of hydrogen-bond acceptors (Lipinski definition) is 5. The van der Waals surface area contributed by atoms with Crippen molar-refractivity contribution in [3.8, 4) is 0 Å². The average Bonchev–Trinajstić information content (AvgIpc) is 2.87. The van der Waals surface area contributed by atoms with Crippen LogP contribution in [0.25, 0.3) is 10.9 Å². The molecule has 154 valence electrons. The summed E-state index contributed by atoms with van der Waals surface area (Å²) in [5.74, 6) is -1.16. The largest absolute Gasteiger partial charge is 0.480 e. The molecular weight excluding hydrogens is 440 g/mol. The number of anilines is 1. The van der Waals surface area contributed by atoms with E-state index in [9.17, 15) is 26.7 Å². The van der Waals surface area contributed by atoms with E-state index in [4.69, 9.17) is 11.6 Å². The van der Waals surface area contributed by atoms with Crippen LogP contribution in [0.1, 0.15) is 5.69 Å². The van der Waals surface area contributed by atoms with Crippen LogP contribution in [0, 0.1) is 6.92 Å². The molecule has 0 atom stereocenters. The van der Waals surface area contributed by atoms with Crippen molar-refractivity contribution in [2.45, 2.75) is 23.3 Å². The molecule has 1 heterocycles. The highest BCUT2D eigenvalue weighted by molar-refractivity contribution is 7.92. The van der Waals surface area contributed by atoms with Crippen LogP contribution in [-0.2, 0) is 31.2 Å². The molecule has 8 nitrogen and oxygen atoms in total. The van der Waals surface area contributed by atoms with Gasteiger partial charge in [-0.2, -0.15) is 0 Å². The third-order valence-electron chi connectivity index (χ3n) is 4.28. The van der Waals surface area contributed by atoms with Crippen LogP contribution in [0.2, 0.25) is 5.02 Å². The molecule has 2 aromatic carbocycles. The normalized spacial score (nSPS) is 12.2. The Hall–Kier alpha value is -2.56. The second kappa shape index (κ2) is 7.36. The van der Waals surface area contributed by atoms with Crippen molar-refractivity contribution in [2.24, 2.45) is 0 Å². The minimum atomic E-state index is -4.11. The lowest BCUT2D eigenvalue weighted by Gasteiger charge is -2.09. The first-order valence-electron chi connectivity index (χ1n) is 8.24. The van der Waals surface area contributed by atoms with Gasteiger partial charge in [0.05, 0.1) is 22.4 Å². The molecular formula is C18H17ClN2O6S2. The fourth-order valence-corrected chi connectivity index (χ4v) is 5.58. The third kappa shape index (κ3) is 4.09. The first kappa shape index (κ1) is 21.2. The van der Waals surface area contributed by atoms with Gasteiger partial charge in [-0.15, -0.1) is 0 Å². The van der Waals surface area contributed by atoms with Gasteiger partial charge in [0.2, 0.25) is 19.9 Å². The van der Waals surface area contributed by atoms with Crippen molar-refractivity contribution < 1.29 is 26.7 Å². The number of hydrogen-bond donors (Lipinski definition) is 2. The van der Waals surface area contributed by atoms with Gasteiger partial charge in [0.1, 0.15) is 11.4 Å². The van der Waals surface area contributed by atoms with E-state index >= 15 is 0 Å². The molecule has 0 fully saturated rings. The van der Waals surface area contributed by atoms with Crippen LogP contribution < -0.4 is 4.72 Å². The Morgan fingerprint density at radius 3 is 2.28 bits per heavy atom. The van der Waals surface area contributed by atoms with E-state index in [0.717, 1.165) is 6.26 Å². The summed E-state index contributed by atoms with van der Waals surface area (Å²) in [6, 6.07) is 10.0. The Labute approximate surface area is 172 Å².